The third-order valence-electron chi connectivity index (χ3n) is 5.05. The van der Waals surface area contributed by atoms with Crippen molar-refractivity contribution in [3.63, 3.8) is 0 Å². The molecule has 1 atom stereocenters. The summed E-state index contributed by atoms with van der Waals surface area (Å²) >= 11 is 0. The van der Waals surface area contributed by atoms with E-state index < -0.39 is 27.8 Å². The van der Waals surface area contributed by atoms with Crippen molar-refractivity contribution in [1.82, 2.24) is 0 Å². The van der Waals surface area contributed by atoms with Crippen molar-refractivity contribution in [2.45, 2.75) is 10.9 Å². The summed E-state index contributed by atoms with van der Waals surface area (Å²) in [6.07, 6.45) is 0. The number of sulfonamides is 1. The summed E-state index contributed by atoms with van der Waals surface area (Å²) in [6.45, 7) is 0. The fraction of sp³-hybridized carbons (Fsp3) is 0.0435. The maximum atomic E-state index is 13.0. The van der Waals surface area contributed by atoms with Crippen LogP contribution in [-0.2, 0) is 19.6 Å². The zero-order valence-electron chi connectivity index (χ0n) is 16.2. The Hall–Kier alpha value is -3.75. The largest absolute Gasteiger partial charge is 0.507 e. The first-order valence-corrected chi connectivity index (χ1v) is 10.9. The SMILES string of the molecule is NS(=O)(=O)c1ccc(N2C(=O)C(=O)/C(=C(/O)c3ccccc3)C2c2ccccc2)cc1. The van der Waals surface area contributed by atoms with Crippen LogP contribution in [0.15, 0.2) is 95.4 Å². The van der Waals surface area contributed by atoms with Gasteiger partial charge in [-0.3, -0.25) is 14.5 Å². The third-order valence-corrected chi connectivity index (χ3v) is 5.98. The van der Waals surface area contributed by atoms with E-state index in [4.69, 9.17) is 5.14 Å². The second-order valence-electron chi connectivity index (χ2n) is 6.98. The number of carbonyl (C=O) groups is 2. The Bertz CT molecular complexity index is 1280. The Labute approximate surface area is 179 Å². The molecule has 7 nitrogen and oxygen atoms in total. The van der Waals surface area contributed by atoms with Gasteiger partial charge in [0.1, 0.15) is 5.76 Å². The van der Waals surface area contributed by atoms with Crippen LogP contribution in [0.1, 0.15) is 17.2 Å². The lowest BCUT2D eigenvalue weighted by molar-refractivity contribution is -0.132. The standard InChI is InChI=1S/C23H18N2O5S/c24-31(29,30)18-13-11-17(12-14-18)25-20(15-7-3-1-4-8-15)19(22(27)23(25)28)21(26)16-9-5-2-6-10-16/h1-14,20,26H,(H2,24,29,30)/b21-19+. The van der Waals surface area contributed by atoms with Gasteiger partial charge in [0.15, 0.2) is 0 Å². The number of aliphatic hydroxyl groups is 1. The van der Waals surface area contributed by atoms with E-state index >= 15 is 0 Å². The highest BCUT2D eigenvalue weighted by Crippen LogP contribution is 2.42. The number of nitrogens with two attached hydrogens (primary N) is 1. The smallest absolute Gasteiger partial charge is 0.300 e. The Kier molecular flexibility index (Phi) is 5.18. The lowest BCUT2D eigenvalue weighted by atomic mass is 9.95. The normalized spacial score (nSPS) is 18.4. The third kappa shape index (κ3) is 3.74. The number of anilines is 1. The summed E-state index contributed by atoms with van der Waals surface area (Å²) in [5.74, 6) is -1.93. The van der Waals surface area contributed by atoms with Gasteiger partial charge in [0.2, 0.25) is 10.0 Å². The first kappa shape index (κ1) is 20.5. The topological polar surface area (TPSA) is 118 Å². The molecule has 1 unspecified atom stereocenters. The van der Waals surface area contributed by atoms with E-state index in [2.05, 4.69) is 0 Å². The van der Waals surface area contributed by atoms with E-state index in [9.17, 15) is 23.1 Å². The van der Waals surface area contributed by atoms with Crippen molar-refractivity contribution in [2.24, 2.45) is 5.14 Å². The number of benzene rings is 3. The van der Waals surface area contributed by atoms with E-state index in [-0.39, 0.29) is 16.2 Å². The van der Waals surface area contributed by atoms with Crippen LogP contribution in [0.5, 0.6) is 0 Å². The summed E-state index contributed by atoms with van der Waals surface area (Å²) in [6, 6.07) is 21.8. The van der Waals surface area contributed by atoms with E-state index in [1.54, 1.807) is 60.7 Å². The fourth-order valence-corrected chi connectivity index (χ4v) is 4.11. The van der Waals surface area contributed by atoms with E-state index in [1.165, 1.54) is 29.2 Å². The minimum absolute atomic E-state index is 0.0436. The minimum atomic E-state index is -3.91. The van der Waals surface area contributed by atoms with Crippen molar-refractivity contribution >= 4 is 33.2 Å². The lowest BCUT2D eigenvalue weighted by Gasteiger charge is -2.25. The number of hydrogen-bond donors (Lipinski definition) is 2. The van der Waals surface area contributed by atoms with Crippen molar-refractivity contribution in [3.05, 3.63) is 102 Å². The number of hydrogen-bond acceptors (Lipinski definition) is 5. The van der Waals surface area contributed by atoms with Gasteiger partial charge in [-0.25, -0.2) is 13.6 Å². The molecule has 0 aromatic heterocycles. The molecule has 3 N–H and O–H groups in total. The molecule has 1 amide bonds. The number of nitrogens with zero attached hydrogens (tertiary/aromatic N) is 1. The molecule has 0 saturated carbocycles. The Balaban J connectivity index is 1.91. The number of Topliss-reactive ketones (excluding diaryl/α,β-unsaturated/α-hetero) is 1. The van der Waals surface area contributed by atoms with E-state index in [1.807, 2.05) is 0 Å². The van der Waals surface area contributed by atoms with Crippen LogP contribution in [0, 0.1) is 0 Å². The zero-order valence-corrected chi connectivity index (χ0v) is 17.0. The van der Waals surface area contributed by atoms with Gasteiger partial charge in [0, 0.05) is 11.3 Å². The van der Waals surface area contributed by atoms with Gasteiger partial charge in [-0.15, -0.1) is 0 Å². The quantitative estimate of drug-likeness (QED) is 0.372. The van der Waals surface area contributed by atoms with Gasteiger partial charge in [0.05, 0.1) is 16.5 Å². The maximum absolute atomic E-state index is 13.0. The molecule has 0 spiro atoms. The van der Waals surface area contributed by atoms with Crippen LogP contribution < -0.4 is 10.0 Å². The molecule has 1 aliphatic heterocycles. The van der Waals surface area contributed by atoms with Crippen molar-refractivity contribution in [2.75, 3.05) is 4.90 Å². The highest BCUT2D eigenvalue weighted by atomic mass is 32.2. The van der Waals surface area contributed by atoms with Gasteiger partial charge in [-0.1, -0.05) is 60.7 Å². The number of carbonyl (C=O) groups excluding carboxylic acids is 2. The highest BCUT2D eigenvalue weighted by molar-refractivity contribution is 7.89. The summed E-state index contributed by atoms with van der Waals surface area (Å²) < 4.78 is 23.1. The Morgan fingerprint density at radius 1 is 0.839 bits per heavy atom. The van der Waals surface area contributed by atoms with Crippen molar-refractivity contribution in [1.29, 1.82) is 0 Å². The van der Waals surface area contributed by atoms with Crippen LogP contribution in [0.25, 0.3) is 5.76 Å². The van der Waals surface area contributed by atoms with Crippen LogP contribution >= 0.6 is 0 Å². The maximum Gasteiger partial charge on any atom is 0.300 e. The zero-order chi connectivity index (χ0) is 22.2. The monoisotopic (exact) mass is 434 g/mol. The van der Waals surface area contributed by atoms with Gasteiger partial charge in [-0.2, -0.15) is 0 Å². The molecule has 0 aliphatic carbocycles. The van der Waals surface area contributed by atoms with Crippen molar-refractivity contribution in [3.8, 4) is 0 Å². The molecule has 3 aromatic carbocycles. The molecule has 4 rings (SSSR count). The summed E-state index contributed by atoms with van der Waals surface area (Å²) in [7, 11) is -3.91. The molecule has 8 heteroatoms. The molecular weight excluding hydrogens is 416 g/mol. The van der Waals surface area contributed by atoms with E-state index in [0.29, 0.717) is 16.8 Å². The van der Waals surface area contributed by atoms with E-state index in [0.717, 1.165) is 0 Å². The van der Waals surface area contributed by atoms with Crippen molar-refractivity contribution < 1.29 is 23.1 Å². The van der Waals surface area contributed by atoms with Gasteiger partial charge in [-0.05, 0) is 29.8 Å². The predicted octanol–water partition coefficient (Wildman–Crippen LogP) is 2.96. The lowest BCUT2D eigenvalue weighted by Crippen LogP contribution is -2.29. The second-order valence-corrected chi connectivity index (χ2v) is 8.55. The highest BCUT2D eigenvalue weighted by Gasteiger charge is 2.46. The minimum Gasteiger partial charge on any atom is -0.507 e. The number of ketones is 1. The molecule has 156 valence electrons. The number of aliphatic hydroxyl groups excluding tert-OH is 1. The first-order chi connectivity index (χ1) is 14.8. The molecule has 1 aliphatic rings. The molecule has 0 bridgehead atoms. The number of rotatable bonds is 4. The van der Waals surface area contributed by atoms with Crippen LogP contribution in [0.4, 0.5) is 5.69 Å². The molecule has 1 fully saturated rings. The number of primary sulfonamides is 1. The average Bonchev–Trinajstić information content (AvgIpc) is 3.04. The fourth-order valence-electron chi connectivity index (χ4n) is 3.60. The predicted molar refractivity (Wildman–Crippen MR) is 115 cm³/mol. The second kappa shape index (κ2) is 7.82. The molecule has 3 aromatic rings. The Morgan fingerprint density at radius 3 is 1.94 bits per heavy atom. The molecule has 1 saturated heterocycles. The molecule has 31 heavy (non-hydrogen) atoms. The van der Waals surface area contributed by atoms with Gasteiger partial charge in [0.25, 0.3) is 11.7 Å². The van der Waals surface area contributed by atoms with Crippen LogP contribution in [0.3, 0.4) is 0 Å². The van der Waals surface area contributed by atoms with Gasteiger partial charge >= 0.3 is 0 Å². The number of amides is 1. The molecule has 1 heterocycles. The summed E-state index contributed by atoms with van der Waals surface area (Å²) in [4.78, 5) is 27.1. The first-order valence-electron chi connectivity index (χ1n) is 9.33. The Morgan fingerprint density at radius 2 is 1.39 bits per heavy atom. The van der Waals surface area contributed by atoms with Crippen LogP contribution in [-0.4, -0.2) is 25.2 Å². The molecular formula is C23H18N2O5S. The molecule has 0 radical (unpaired) electrons. The summed E-state index contributed by atoms with van der Waals surface area (Å²) in [5.41, 5.74) is 1.29. The van der Waals surface area contributed by atoms with Crippen LogP contribution in [0.2, 0.25) is 0 Å². The van der Waals surface area contributed by atoms with Gasteiger partial charge < -0.3 is 5.11 Å². The summed E-state index contributed by atoms with van der Waals surface area (Å²) in [5, 5.41) is 16.1. The average molecular weight is 434 g/mol.